The first-order valence-corrected chi connectivity index (χ1v) is 12.8. The molecule has 8 heteroatoms. The number of aromatic amines is 1. The van der Waals surface area contributed by atoms with Gasteiger partial charge in [0, 0.05) is 52.9 Å². The lowest BCUT2D eigenvalue weighted by Crippen LogP contribution is -2.20. The number of halogens is 2. The van der Waals surface area contributed by atoms with Crippen LogP contribution in [0.4, 0.5) is 8.78 Å². The van der Waals surface area contributed by atoms with Gasteiger partial charge >= 0.3 is 5.97 Å². The fraction of sp³-hybridized carbons (Fsp3) is 0.379. The van der Waals surface area contributed by atoms with E-state index in [0.717, 1.165) is 57.9 Å². The van der Waals surface area contributed by atoms with E-state index >= 15 is 0 Å². The fourth-order valence-corrected chi connectivity index (χ4v) is 6.13. The third kappa shape index (κ3) is 3.94. The number of rotatable bonds is 4. The van der Waals surface area contributed by atoms with Crippen LogP contribution in [0.2, 0.25) is 0 Å². The van der Waals surface area contributed by atoms with Crippen molar-refractivity contribution in [3.05, 3.63) is 65.0 Å². The molecule has 3 heterocycles. The van der Waals surface area contributed by atoms with Crippen LogP contribution in [-0.4, -0.2) is 41.1 Å². The minimum atomic E-state index is -0.877. The Hall–Kier alpha value is -3.52. The quantitative estimate of drug-likeness (QED) is 0.329. The highest BCUT2D eigenvalue weighted by molar-refractivity contribution is 6.06. The van der Waals surface area contributed by atoms with Gasteiger partial charge in [0.15, 0.2) is 11.6 Å². The molecular formula is C29H29F2N3O3. The molecule has 1 aliphatic carbocycles. The van der Waals surface area contributed by atoms with E-state index in [4.69, 9.17) is 9.47 Å². The first-order chi connectivity index (χ1) is 18.0. The second-order valence-corrected chi connectivity index (χ2v) is 10.0. The molecule has 192 valence electrons. The van der Waals surface area contributed by atoms with E-state index in [1.807, 2.05) is 0 Å². The van der Waals surface area contributed by atoms with Crippen LogP contribution in [0.3, 0.4) is 0 Å². The third-order valence-corrected chi connectivity index (χ3v) is 7.99. The van der Waals surface area contributed by atoms with Gasteiger partial charge in [-0.3, -0.25) is 9.89 Å². The molecule has 6 nitrogen and oxygen atoms in total. The average Bonchev–Trinajstić information content (AvgIpc) is 3.54. The number of nitrogens with one attached hydrogen (secondary N) is 1. The number of carbonyl (C=O) groups excluding carboxylic acids is 1. The smallest absolute Gasteiger partial charge is 0.308 e. The van der Waals surface area contributed by atoms with Crippen molar-refractivity contribution in [2.75, 3.05) is 20.3 Å². The molecule has 2 aromatic carbocycles. The van der Waals surface area contributed by atoms with Gasteiger partial charge in [-0.05, 0) is 68.4 Å². The van der Waals surface area contributed by atoms with Crippen LogP contribution in [0.15, 0.2) is 36.5 Å². The second-order valence-electron chi connectivity index (χ2n) is 10.0. The standard InChI is InChI=1S/C29H29F2N3O3/c1-16-25-24(13-20-15-32-33-27(16)20)34(21-7-8-22(30)23(31)14-21)28(18-9-11-37-12-10-18)26(25)17-3-5-19(6-4-17)29(35)36-2/h3,7-8,13-15,18-19H,4-6,9-12H2,1-2H3,(H,32,33). The van der Waals surface area contributed by atoms with Crippen molar-refractivity contribution >= 4 is 33.3 Å². The number of aryl methyl sites for hydroxylation is 1. The molecule has 1 atom stereocenters. The lowest BCUT2D eigenvalue weighted by Gasteiger charge is -2.27. The molecule has 1 unspecified atom stereocenters. The van der Waals surface area contributed by atoms with E-state index < -0.39 is 11.6 Å². The molecule has 4 aromatic rings. The number of carbonyl (C=O) groups is 1. The predicted octanol–water partition coefficient (Wildman–Crippen LogP) is 6.34. The Morgan fingerprint density at radius 2 is 1.97 bits per heavy atom. The predicted molar refractivity (Wildman–Crippen MR) is 138 cm³/mol. The molecule has 2 aromatic heterocycles. The first-order valence-electron chi connectivity index (χ1n) is 12.8. The maximum Gasteiger partial charge on any atom is 0.308 e. The summed E-state index contributed by atoms with van der Waals surface area (Å²) in [5, 5.41) is 9.43. The third-order valence-electron chi connectivity index (χ3n) is 7.99. The lowest BCUT2D eigenvalue weighted by molar-refractivity contribution is -0.145. The van der Waals surface area contributed by atoms with Gasteiger partial charge < -0.3 is 14.0 Å². The molecule has 0 spiro atoms. The molecular weight excluding hydrogens is 476 g/mol. The zero-order chi connectivity index (χ0) is 25.7. The number of allylic oxidation sites excluding steroid dienone is 2. The molecule has 6 rings (SSSR count). The van der Waals surface area contributed by atoms with E-state index in [1.165, 1.54) is 24.8 Å². The van der Waals surface area contributed by atoms with Gasteiger partial charge in [0.2, 0.25) is 0 Å². The summed E-state index contributed by atoms with van der Waals surface area (Å²) in [6.45, 7) is 3.38. The zero-order valence-electron chi connectivity index (χ0n) is 20.9. The van der Waals surface area contributed by atoms with Crippen molar-refractivity contribution in [3.63, 3.8) is 0 Å². The van der Waals surface area contributed by atoms with Crippen molar-refractivity contribution in [1.29, 1.82) is 0 Å². The number of nitrogens with zero attached hydrogens (tertiary/aromatic N) is 2. The van der Waals surface area contributed by atoms with Crippen LogP contribution in [0.1, 0.15) is 54.8 Å². The Kier molecular flexibility index (Phi) is 6.07. The zero-order valence-corrected chi connectivity index (χ0v) is 20.9. The number of H-pyrrole nitrogens is 1. The van der Waals surface area contributed by atoms with Gasteiger partial charge in [-0.25, -0.2) is 8.78 Å². The van der Waals surface area contributed by atoms with Crippen LogP contribution in [-0.2, 0) is 14.3 Å². The summed E-state index contributed by atoms with van der Waals surface area (Å²) in [5.41, 5.74) is 6.94. The summed E-state index contributed by atoms with van der Waals surface area (Å²) >= 11 is 0. The molecule has 0 saturated carbocycles. The second kappa shape index (κ2) is 9.41. The highest BCUT2D eigenvalue weighted by Gasteiger charge is 2.32. The van der Waals surface area contributed by atoms with Crippen LogP contribution < -0.4 is 0 Å². The van der Waals surface area contributed by atoms with Gasteiger partial charge in [-0.15, -0.1) is 0 Å². The molecule has 0 bridgehead atoms. The van der Waals surface area contributed by atoms with Crippen molar-refractivity contribution in [1.82, 2.24) is 14.8 Å². The summed E-state index contributed by atoms with van der Waals surface area (Å²) in [4.78, 5) is 12.2. The molecule has 1 aliphatic heterocycles. The number of methoxy groups -OCH3 is 1. The summed E-state index contributed by atoms with van der Waals surface area (Å²) in [7, 11) is 1.43. The largest absolute Gasteiger partial charge is 0.469 e. The highest BCUT2D eigenvalue weighted by Crippen LogP contribution is 2.46. The van der Waals surface area contributed by atoms with Crippen LogP contribution in [0.25, 0.3) is 33.1 Å². The van der Waals surface area contributed by atoms with E-state index in [1.54, 1.807) is 12.3 Å². The monoisotopic (exact) mass is 505 g/mol. The summed E-state index contributed by atoms with van der Waals surface area (Å²) in [5.74, 6) is -1.90. The Bertz CT molecular complexity index is 1550. The number of aromatic nitrogens is 3. The van der Waals surface area contributed by atoms with E-state index in [-0.39, 0.29) is 17.8 Å². The molecule has 37 heavy (non-hydrogen) atoms. The Morgan fingerprint density at radius 3 is 2.68 bits per heavy atom. The fourth-order valence-electron chi connectivity index (χ4n) is 6.13. The van der Waals surface area contributed by atoms with Crippen LogP contribution in [0, 0.1) is 24.5 Å². The minimum Gasteiger partial charge on any atom is -0.469 e. The Morgan fingerprint density at radius 1 is 1.16 bits per heavy atom. The number of ether oxygens (including phenoxy) is 2. The number of esters is 1. The number of fused-ring (bicyclic) bond motifs is 2. The van der Waals surface area contributed by atoms with E-state index in [0.29, 0.717) is 31.7 Å². The molecule has 2 aliphatic rings. The van der Waals surface area contributed by atoms with Crippen molar-refractivity contribution in [2.24, 2.45) is 5.92 Å². The molecule has 1 N–H and O–H groups in total. The normalized spacial score (nSPS) is 18.9. The Balaban J connectivity index is 1.67. The highest BCUT2D eigenvalue weighted by atomic mass is 19.2. The molecule has 0 radical (unpaired) electrons. The minimum absolute atomic E-state index is 0.153. The maximum atomic E-state index is 14.6. The molecule has 0 amide bonds. The number of benzene rings is 2. The van der Waals surface area contributed by atoms with Gasteiger partial charge in [0.1, 0.15) is 0 Å². The summed E-state index contributed by atoms with van der Waals surface area (Å²) < 4.78 is 41.3. The van der Waals surface area contributed by atoms with Gasteiger partial charge in [-0.1, -0.05) is 6.08 Å². The number of hydrogen-bond acceptors (Lipinski definition) is 4. The average molecular weight is 506 g/mol. The van der Waals surface area contributed by atoms with Crippen molar-refractivity contribution in [3.8, 4) is 5.69 Å². The van der Waals surface area contributed by atoms with Gasteiger partial charge in [0.05, 0.1) is 30.3 Å². The SMILES string of the molecule is COC(=O)C1CC=C(c2c(C3CCOCC3)n(-c3ccc(F)c(F)c3)c3cc4cn[nH]c4c(C)c23)CC1. The van der Waals surface area contributed by atoms with Crippen LogP contribution >= 0.6 is 0 Å². The van der Waals surface area contributed by atoms with E-state index in [2.05, 4.69) is 33.8 Å². The number of hydrogen-bond donors (Lipinski definition) is 1. The van der Waals surface area contributed by atoms with Gasteiger partial charge in [-0.2, -0.15) is 5.10 Å². The summed E-state index contributed by atoms with van der Waals surface area (Å²) in [6, 6.07) is 6.18. The molecule has 1 saturated heterocycles. The van der Waals surface area contributed by atoms with Crippen molar-refractivity contribution < 1.29 is 23.0 Å². The topological polar surface area (TPSA) is 69.1 Å². The maximum absolute atomic E-state index is 14.6. The molecule has 1 fully saturated rings. The lowest BCUT2D eigenvalue weighted by atomic mass is 9.82. The van der Waals surface area contributed by atoms with Crippen molar-refractivity contribution in [2.45, 2.75) is 44.9 Å². The summed E-state index contributed by atoms with van der Waals surface area (Å²) in [6.07, 6.45) is 7.67. The van der Waals surface area contributed by atoms with E-state index in [9.17, 15) is 13.6 Å². The first kappa shape index (κ1) is 23.9. The van der Waals surface area contributed by atoms with Crippen LogP contribution in [0.5, 0.6) is 0 Å². The van der Waals surface area contributed by atoms with Gasteiger partial charge in [0.25, 0.3) is 0 Å². The Labute approximate surface area is 213 Å².